The average Bonchev–Trinajstić information content (AvgIpc) is 2.29. The van der Waals surface area contributed by atoms with Gasteiger partial charge in [0, 0.05) is 11.4 Å². The molecule has 0 aliphatic heterocycles. The Labute approximate surface area is 111 Å². The molecule has 0 atom stereocenters. The Kier molecular flexibility index (Phi) is 5.98. The molecule has 0 aliphatic rings. The van der Waals surface area contributed by atoms with E-state index in [9.17, 15) is 0 Å². The van der Waals surface area contributed by atoms with Crippen molar-refractivity contribution in [3.63, 3.8) is 0 Å². The maximum atomic E-state index is 7.56. The SMILES string of the molecule is OP(O)(O)=S.c1ccc(Nc2ccccc2)cc1. The highest BCUT2D eigenvalue weighted by molar-refractivity contribution is 8.06. The van der Waals surface area contributed by atoms with E-state index < -0.39 is 6.72 Å². The molecular weight excluding hydrogens is 269 g/mol. The lowest BCUT2D eigenvalue weighted by molar-refractivity contribution is 0.363. The summed E-state index contributed by atoms with van der Waals surface area (Å²) in [4.78, 5) is 22.7. The second kappa shape index (κ2) is 7.26. The number of hydrogen-bond acceptors (Lipinski definition) is 2. The standard InChI is InChI=1S/C12H11N.H3O3PS/c1-3-7-11(8-4-1)13-12-9-5-2-6-10-12;1-4(2,3)5/h1-10,13H;(H3,1,2,3,5). The highest BCUT2D eigenvalue weighted by atomic mass is 32.5. The summed E-state index contributed by atoms with van der Waals surface area (Å²) in [6, 6.07) is 20.3. The first-order valence-corrected chi connectivity index (χ1v) is 7.76. The van der Waals surface area contributed by atoms with E-state index in [4.69, 9.17) is 14.7 Å². The molecule has 0 saturated carbocycles. The largest absolute Gasteiger partial charge is 0.356 e. The third-order valence-corrected chi connectivity index (χ3v) is 1.84. The Morgan fingerprint density at radius 3 is 1.28 bits per heavy atom. The summed E-state index contributed by atoms with van der Waals surface area (Å²) in [7, 11) is 0. The second-order valence-corrected chi connectivity index (χ2v) is 5.87. The van der Waals surface area contributed by atoms with Crippen LogP contribution in [0, 0.1) is 0 Å². The Hall–Kier alpha value is -1.23. The van der Waals surface area contributed by atoms with Gasteiger partial charge >= 0.3 is 6.72 Å². The lowest BCUT2D eigenvalue weighted by Gasteiger charge is -2.04. The first-order valence-electron chi connectivity index (χ1n) is 5.10. The van der Waals surface area contributed by atoms with Gasteiger partial charge in [-0.25, -0.2) is 0 Å². The molecule has 4 nitrogen and oxygen atoms in total. The summed E-state index contributed by atoms with van der Waals surface area (Å²) < 4.78 is 0. The van der Waals surface area contributed by atoms with Crippen LogP contribution >= 0.6 is 6.72 Å². The van der Waals surface area contributed by atoms with Gasteiger partial charge in [-0.05, 0) is 36.1 Å². The first-order chi connectivity index (χ1) is 8.45. The third kappa shape index (κ3) is 7.95. The minimum Gasteiger partial charge on any atom is -0.356 e. The zero-order valence-electron chi connectivity index (χ0n) is 9.47. The van der Waals surface area contributed by atoms with Gasteiger partial charge < -0.3 is 20.0 Å². The number of nitrogens with one attached hydrogen (secondary N) is 1. The summed E-state index contributed by atoms with van der Waals surface area (Å²) in [5.74, 6) is 0. The Balaban J connectivity index is 0.000000280. The molecule has 0 amide bonds. The molecule has 0 aliphatic carbocycles. The maximum absolute atomic E-state index is 7.56. The van der Waals surface area contributed by atoms with Crippen LogP contribution in [0.3, 0.4) is 0 Å². The van der Waals surface area contributed by atoms with Gasteiger partial charge in [-0.2, -0.15) is 0 Å². The highest BCUT2D eigenvalue weighted by Crippen LogP contribution is 2.26. The van der Waals surface area contributed by atoms with Crippen LogP contribution in [-0.4, -0.2) is 14.7 Å². The molecule has 2 rings (SSSR count). The van der Waals surface area contributed by atoms with Crippen LogP contribution < -0.4 is 5.32 Å². The molecule has 2 aromatic rings. The number of hydrogen-bond donors (Lipinski definition) is 4. The molecule has 0 saturated heterocycles. The van der Waals surface area contributed by atoms with Crippen molar-refractivity contribution in [3.05, 3.63) is 60.7 Å². The van der Waals surface area contributed by atoms with Crippen LogP contribution in [0.1, 0.15) is 0 Å². The Bertz CT molecular complexity index is 455. The Morgan fingerprint density at radius 1 is 0.722 bits per heavy atom. The van der Waals surface area contributed by atoms with E-state index in [2.05, 4.69) is 17.1 Å². The normalized spacial score (nSPS) is 10.2. The molecule has 4 N–H and O–H groups in total. The summed E-state index contributed by atoms with van der Waals surface area (Å²) >= 11 is 3.60. The monoisotopic (exact) mass is 283 g/mol. The van der Waals surface area contributed by atoms with Crippen LogP contribution in [0.25, 0.3) is 0 Å². The predicted molar refractivity (Wildman–Crippen MR) is 77.1 cm³/mol. The van der Waals surface area contributed by atoms with Gasteiger partial charge in [0.2, 0.25) is 0 Å². The zero-order chi connectivity index (χ0) is 13.4. The van der Waals surface area contributed by atoms with E-state index >= 15 is 0 Å². The van der Waals surface area contributed by atoms with Crippen LogP contribution in [0.5, 0.6) is 0 Å². The van der Waals surface area contributed by atoms with Gasteiger partial charge in [0.25, 0.3) is 0 Å². The van der Waals surface area contributed by atoms with Crippen molar-refractivity contribution in [3.8, 4) is 0 Å². The molecule has 0 unspecified atom stereocenters. The molecule has 0 radical (unpaired) electrons. The molecule has 0 bridgehead atoms. The van der Waals surface area contributed by atoms with Gasteiger partial charge in [-0.1, -0.05) is 36.4 Å². The average molecular weight is 283 g/mol. The molecule has 0 heterocycles. The fourth-order valence-corrected chi connectivity index (χ4v) is 1.21. The summed E-state index contributed by atoms with van der Waals surface area (Å²) in [5.41, 5.74) is 2.24. The van der Waals surface area contributed by atoms with Crippen molar-refractivity contribution in [2.45, 2.75) is 0 Å². The van der Waals surface area contributed by atoms with Crippen molar-refractivity contribution in [1.29, 1.82) is 0 Å². The molecule has 18 heavy (non-hydrogen) atoms. The highest BCUT2D eigenvalue weighted by Gasteiger charge is 1.92. The predicted octanol–water partition coefficient (Wildman–Crippen LogP) is 2.62. The van der Waals surface area contributed by atoms with Gasteiger partial charge in [-0.3, -0.25) is 0 Å². The molecule has 0 spiro atoms. The number of rotatable bonds is 2. The van der Waals surface area contributed by atoms with Gasteiger partial charge in [0.15, 0.2) is 0 Å². The van der Waals surface area contributed by atoms with Crippen LogP contribution in [-0.2, 0) is 11.8 Å². The quantitative estimate of drug-likeness (QED) is 0.638. The fraction of sp³-hybridized carbons (Fsp3) is 0. The molecular formula is C12H14NO3PS. The van der Waals surface area contributed by atoms with Crippen LogP contribution in [0.15, 0.2) is 60.7 Å². The minimum absolute atomic E-state index is 1.12. The summed E-state index contributed by atoms with van der Waals surface area (Å²) in [6.07, 6.45) is 0. The van der Waals surface area contributed by atoms with E-state index in [1.807, 2.05) is 60.7 Å². The van der Waals surface area contributed by atoms with Gasteiger partial charge in [0.05, 0.1) is 0 Å². The topological polar surface area (TPSA) is 72.7 Å². The minimum atomic E-state index is -3.81. The smallest absolute Gasteiger partial charge is 0.319 e. The van der Waals surface area contributed by atoms with Crippen molar-refractivity contribution in [2.75, 3.05) is 5.32 Å². The van der Waals surface area contributed by atoms with E-state index in [0.717, 1.165) is 11.4 Å². The Morgan fingerprint density at radius 2 is 1.00 bits per heavy atom. The molecule has 96 valence electrons. The van der Waals surface area contributed by atoms with Crippen molar-refractivity contribution < 1.29 is 14.7 Å². The van der Waals surface area contributed by atoms with Crippen molar-refractivity contribution >= 4 is 29.9 Å². The number of anilines is 2. The first kappa shape index (κ1) is 14.8. The third-order valence-electron chi connectivity index (χ3n) is 1.84. The summed E-state index contributed by atoms with van der Waals surface area (Å²) in [5, 5.41) is 3.30. The second-order valence-electron chi connectivity index (χ2n) is 3.37. The van der Waals surface area contributed by atoms with Gasteiger partial charge in [0.1, 0.15) is 0 Å². The van der Waals surface area contributed by atoms with E-state index in [0.29, 0.717) is 0 Å². The van der Waals surface area contributed by atoms with Crippen molar-refractivity contribution in [1.82, 2.24) is 0 Å². The van der Waals surface area contributed by atoms with Crippen molar-refractivity contribution in [2.24, 2.45) is 0 Å². The summed E-state index contributed by atoms with van der Waals surface area (Å²) in [6.45, 7) is -3.81. The number of para-hydroxylation sites is 2. The fourth-order valence-electron chi connectivity index (χ4n) is 1.21. The van der Waals surface area contributed by atoms with Crippen LogP contribution in [0.4, 0.5) is 11.4 Å². The van der Waals surface area contributed by atoms with Crippen LogP contribution in [0.2, 0.25) is 0 Å². The van der Waals surface area contributed by atoms with E-state index in [1.165, 1.54) is 0 Å². The zero-order valence-corrected chi connectivity index (χ0v) is 11.2. The van der Waals surface area contributed by atoms with Gasteiger partial charge in [-0.15, -0.1) is 0 Å². The molecule has 6 heteroatoms. The maximum Gasteiger partial charge on any atom is 0.319 e. The molecule has 0 fully saturated rings. The lowest BCUT2D eigenvalue weighted by Crippen LogP contribution is -1.87. The van der Waals surface area contributed by atoms with E-state index in [1.54, 1.807) is 0 Å². The van der Waals surface area contributed by atoms with E-state index in [-0.39, 0.29) is 0 Å². The molecule has 2 aromatic carbocycles. The lowest BCUT2D eigenvalue weighted by atomic mass is 10.3. The number of benzene rings is 2. The molecule has 0 aromatic heterocycles.